The van der Waals surface area contributed by atoms with E-state index in [-0.39, 0.29) is 24.4 Å². The van der Waals surface area contributed by atoms with Crippen LogP contribution in [0.2, 0.25) is 0 Å². The Kier molecular flexibility index (Phi) is 4.68. The zero-order valence-electron chi connectivity index (χ0n) is 13.1. The van der Waals surface area contributed by atoms with Crippen LogP contribution in [-0.4, -0.2) is 29.8 Å². The third-order valence-electron chi connectivity index (χ3n) is 4.05. The molecule has 1 saturated heterocycles. The van der Waals surface area contributed by atoms with Crippen LogP contribution >= 0.6 is 0 Å². The second-order valence-electron chi connectivity index (χ2n) is 6.02. The highest BCUT2D eigenvalue weighted by molar-refractivity contribution is 5.95. The van der Waals surface area contributed by atoms with Crippen LogP contribution in [0.15, 0.2) is 15.3 Å². The van der Waals surface area contributed by atoms with Gasteiger partial charge in [0.15, 0.2) is 0 Å². The number of likely N-dealkylation sites (tertiary alicyclic amines) is 1. The van der Waals surface area contributed by atoms with Gasteiger partial charge in [0.25, 0.3) is 11.8 Å². The van der Waals surface area contributed by atoms with Crippen molar-refractivity contribution in [3.05, 3.63) is 33.4 Å². The minimum Gasteiger partial charge on any atom is -0.427 e. The van der Waals surface area contributed by atoms with Gasteiger partial charge in [0.2, 0.25) is 0 Å². The maximum Gasteiger partial charge on any atom is 0.349 e. The van der Waals surface area contributed by atoms with Crippen molar-refractivity contribution in [3.63, 3.8) is 0 Å². The number of rotatable bonds is 4. The van der Waals surface area contributed by atoms with Gasteiger partial charge >= 0.3 is 5.63 Å². The number of amides is 1. The summed E-state index contributed by atoms with van der Waals surface area (Å²) in [6.07, 6.45) is 1.45. The minimum absolute atomic E-state index is 0.0430. The van der Waals surface area contributed by atoms with E-state index in [1.54, 1.807) is 13.0 Å². The molecule has 1 aliphatic heterocycles. The molecular formula is C16H21F2NO3. The van der Waals surface area contributed by atoms with Crippen LogP contribution in [0.1, 0.15) is 60.7 Å². The summed E-state index contributed by atoms with van der Waals surface area (Å²) in [5, 5.41) is 0. The number of halogens is 2. The molecule has 2 rings (SSSR count). The molecule has 0 aromatic carbocycles. The second kappa shape index (κ2) is 6.18. The molecular weight excluding hydrogens is 292 g/mol. The Balaban J connectivity index is 2.29. The van der Waals surface area contributed by atoms with Crippen molar-refractivity contribution >= 4 is 5.91 Å². The first-order valence-electron chi connectivity index (χ1n) is 7.57. The molecule has 1 aromatic rings. The van der Waals surface area contributed by atoms with E-state index in [4.69, 9.17) is 4.42 Å². The largest absolute Gasteiger partial charge is 0.427 e. The van der Waals surface area contributed by atoms with Crippen LogP contribution in [0.4, 0.5) is 8.78 Å². The Morgan fingerprint density at radius 3 is 2.68 bits per heavy atom. The van der Waals surface area contributed by atoms with Crippen molar-refractivity contribution in [3.8, 4) is 0 Å². The quantitative estimate of drug-likeness (QED) is 0.856. The summed E-state index contributed by atoms with van der Waals surface area (Å²) in [6, 6.07) is 1.67. The summed E-state index contributed by atoms with van der Waals surface area (Å²) in [7, 11) is 0. The van der Waals surface area contributed by atoms with E-state index in [0.717, 1.165) is 17.7 Å². The molecule has 1 aromatic heterocycles. The van der Waals surface area contributed by atoms with Crippen molar-refractivity contribution in [1.82, 2.24) is 4.90 Å². The Morgan fingerprint density at radius 1 is 1.50 bits per heavy atom. The van der Waals surface area contributed by atoms with Gasteiger partial charge in [-0.25, -0.2) is 13.6 Å². The number of hydrogen-bond acceptors (Lipinski definition) is 3. The van der Waals surface area contributed by atoms with Crippen molar-refractivity contribution < 1.29 is 18.0 Å². The summed E-state index contributed by atoms with van der Waals surface area (Å²) >= 11 is 0. The van der Waals surface area contributed by atoms with Crippen molar-refractivity contribution in [2.45, 2.75) is 51.9 Å². The SMILES string of the molecule is CCCC(C)c1cc(C)c(C(=O)N2CCC(F)(F)C2)c(=O)o1. The molecule has 2 heterocycles. The first kappa shape index (κ1) is 16.6. The molecule has 1 unspecified atom stereocenters. The van der Waals surface area contributed by atoms with Crippen molar-refractivity contribution in [1.29, 1.82) is 0 Å². The summed E-state index contributed by atoms with van der Waals surface area (Å²) in [4.78, 5) is 25.5. The molecule has 22 heavy (non-hydrogen) atoms. The molecule has 0 aliphatic carbocycles. The van der Waals surface area contributed by atoms with Gasteiger partial charge < -0.3 is 9.32 Å². The number of aryl methyl sites for hydroxylation is 1. The van der Waals surface area contributed by atoms with E-state index >= 15 is 0 Å². The highest BCUT2D eigenvalue weighted by atomic mass is 19.3. The smallest absolute Gasteiger partial charge is 0.349 e. The zero-order chi connectivity index (χ0) is 16.5. The molecule has 4 nitrogen and oxygen atoms in total. The predicted molar refractivity (Wildman–Crippen MR) is 78.5 cm³/mol. The zero-order valence-corrected chi connectivity index (χ0v) is 13.1. The fourth-order valence-electron chi connectivity index (χ4n) is 2.78. The molecule has 0 spiro atoms. The third kappa shape index (κ3) is 3.36. The Hall–Kier alpha value is -1.72. The number of alkyl halides is 2. The van der Waals surface area contributed by atoms with Gasteiger partial charge in [-0.15, -0.1) is 0 Å². The summed E-state index contributed by atoms with van der Waals surface area (Å²) < 4.78 is 31.7. The molecule has 122 valence electrons. The van der Waals surface area contributed by atoms with Gasteiger partial charge in [0.1, 0.15) is 11.3 Å². The van der Waals surface area contributed by atoms with Crippen LogP contribution in [0.3, 0.4) is 0 Å². The number of nitrogens with zero attached hydrogens (tertiary/aromatic N) is 1. The molecule has 1 amide bonds. The lowest BCUT2D eigenvalue weighted by molar-refractivity contribution is 0.0119. The molecule has 0 bridgehead atoms. The van der Waals surface area contributed by atoms with Gasteiger partial charge in [-0.3, -0.25) is 4.79 Å². The van der Waals surface area contributed by atoms with Gasteiger partial charge in [-0.1, -0.05) is 20.3 Å². The van der Waals surface area contributed by atoms with Gasteiger partial charge in [0.05, 0.1) is 6.54 Å². The fourth-order valence-corrected chi connectivity index (χ4v) is 2.78. The maximum atomic E-state index is 13.2. The van der Waals surface area contributed by atoms with E-state index in [1.807, 2.05) is 13.8 Å². The van der Waals surface area contributed by atoms with Crippen LogP contribution in [0.25, 0.3) is 0 Å². The van der Waals surface area contributed by atoms with Crippen molar-refractivity contribution in [2.75, 3.05) is 13.1 Å². The van der Waals surface area contributed by atoms with E-state index in [0.29, 0.717) is 11.3 Å². The minimum atomic E-state index is -2.88. The van der Waals surface area contributed by atoms with E-state index in [2.05, 4.69) is 0 Å². The normalized spacial score (nSPS) is 18.5. The lowest BCUT2D eigenvalue weighted by Gasteiger charge is -2.17. The highest BCUT2D eigenvalue weighted by Gasteiger charge is 2.41. The topological polar surface area (TPSA) is 50.5 Å². The monoisotopic (exact) mass is 313 g/mol. The average molecular weight is 313 g/mol. The lowest BCUT2D eigenvalue weighted by atomic mass is 10.0. The highest BCUT2D eigenvalue weighted by Crippen LogP contribution is 2.28. The third-order valence-corrected chi connectivity index (χ3v) is 4.05. The molecule has 1 aliphatic rings. The molecule has 6 heteroatoms. The number of carbonyl (C=O) groups is 1. The Morgan fingerprint density at radius 2 is 2.18 bits per heavy atom. The summed E-state index contributed by atoms with van der Waals surface area (Å²) in [5.74, 6) is -2.93. The first-order chi connectivity index (χ1) is 10.2. The Bertz CT molecular complexity index is 624. The molecule has 1 fully saturated rings. The van der Waals surface area contributed by atoms with E-state index in [1.165, 1.54) is 0 Å². The summed E-state index contributed by atoms with van der Waals surface area (Å²) in [6.45, 7) is 4.94. The van der Waals surface area contributed by atoms with Crippen LogP contribution in [0, 0.1) is 6.92 Å². The second-order valence-corrected chi connectivity index (χ2v) is 6.02. The molecule has 0 N–H and O–H groups in total. The number of carbonyl (C=O) groups excluding carboxylic acids is 1. The van der Waals surface area contributed by atoms with Crippen molar-refractivity contribution in [2.24, 2.45) is 0 Å². The molecule has 1 atom stereocenters. The van der Waals surface area contributed by atoms with E-state index in [9.17, 15) is 18.4 Å². The lowest BCUT2D eigenvalue weighted by Crippen LogP contribution is -2.35. The van der Waals surface area contributed by atoms with Crippen LogP contribution in [0.5, 0.6) is 0 Å². The predicted octanol–water partition coefficient (Wildman–Crippen LogP) is 3.33. The molecule has 0 radical (unpaired) electrons. The number of hydrogen-bond donors (Lipinski definition) is 0. The summed E-state index contributed by atoms with van der Waals surface area (Å²) in [5.41, 5.74) is -0.391. The van der Waals surface area contributed by atoms with Gasteiger partial charge in [-0.05, 0) is 25.0 Å². The average Bonchev–Trinajstić information content (AvgIpc) is 2.78. The Labute approximate surface area is 128 Å². The first-order valence-corrected chi connectivity index (χ1v) is 7.57. The van der Waals surface area contributed by atoms with E-state index < -0.39 is 24.0 Å². The maximum absolute atomic E-state index is 13.2. The van der Waals surface area contributed by atoms with Crippen LogP contribution < -0.4 is 5.63 Å². The van der Waals surface area contributed by atoms with Gasteiger partial charge in [-0.2, -0.15) is 0 Å². The van der Waals surface area contributed by atoms with Gasteiger partial charge in [0, 0.05) is 18.9 Å². The fraction of sp³-hybridized carbons (Fsp3) is 0.625. The van der Waals surface area contributed by atoms with Crippen LogP contribution in [-0.2, 0) is 0 Å². The molecule has 0 saturated carbocycles. The standard InChI is InChI=1S/C16H21F2NO3/c1-4-5-10(2)12-8-11(3)13(15(21)22-12)14(20)19-7-6-16(17,18)9-19/h8,10H,4-7,9H2,1-3H3.